The summed E-state index contributed by atoms with van der Waals surface area (Å²) in [5.74, 6) is 1.71. The Labute approximate surface area is 258 Å². The maximum Gasteiger partial charge on any atom is 0.303 e. The van der Waals surface area contributed by atoms with Crippen molar-refractivity contribution < 1.29 is 32.2 Å². The molecule has 0 radical (unpaired) electrons. The monoisotopic (exact) mass is 618 g/mol. The van der Waals surface area contributed by atoms with Crippen LogP contribution in [-0.2, 0) is 40.6 Å². The molecule has 9 nitrogen and oxygen atoms in total. The summed E-state index contributed by atoms with van der Waals surface area (Å²) in [6.07, 6.45) is 3.18. The first-order valence-electron chi connectivity index (χ1n) is 15.0. The Morgan fingerprint density at radius 2 is 1.75 bits per heavy atom. The molecule has 232 valence electrons. The highest BCUT2D eigenvalue weighted by molar-refractivity contribution is 7.89. The van der Waals surface area contributed by atoms with Gasteiger partial charge in [-0.3, -0.25) is 4.79 Å². The van der Waals surface area contributed by atoms with Gasteiger partial charge < -0.3 is 19.0 Å². The summed E-state index contributed by atoms with van der Waals surface area (Å²) in [6.45, 7) is 5.33. The van der Waals surface area contributed by atoms with E-state index in [1.807, 2.05) is 49.4 Å². The minimum absolute atomic E-state index is 0.0475. The quantitative estimate of drug-likeness (QED) is 0.166. The van der Waals surface area contributed by atoms with Gasteiger partial charge in [-0.25, -0.2) is 13.4 Å². The van der Waals surface area contributed by atoms with E-state index in [0.717, 1.165) is 46.5 Å². The number of carboxylic acid groups (broad SMARTS) is 1. The highest BCUT2D eigenvalue weighted by atomic mass is 32.2. The van der Waals surface area contributed by atoms with Crippen molar-refractivity contribution in [1.29, 1.82) is 0 Å². The average Bonchev–Trinajstić information content (AvgIpc) is 3.41. The molecule has 0 amide bonds. The van der Waals surface area contributed by atoms with E-state index in [9.17, 15) is 18.3 Å². The number of carbonyl (C=O) groups is 1. The fourth-order valence-corrected chi connectivity index (χ4v) is 6.72. The van der Waals surface area contributed by atoms with E-state index in [1.54, 1.807) is 24.3 Å². The molecule has 0 aliphatic carbocycles. The highest BCUT2D eigenvalue weighted by Crippen LogP contribution is 2.34. The van der Waals surface area contributed by atoms with Crippen LogP contribution in [0.1, 0.15) is 54.3 Å². The number of aryl methyl sites for hydroxylation is 2. The fraction of sp³-hybridized carbons (Fsp3) is 0.353. The van der Waals surface area contributed by atoms with Crippen LogP contribution in [0.5, 0.6) is 11.5 Å². The van der Waals surface area contributed by atoms with E-state index in [2.05, 4.69) is 11.9 Å². The number of hydrogen-bond donors (Lipinski definition) is 1. The van der Waals surface area contributed by atoms with Crippen molar-refractivity contribution in [1.82, 2.24) is 9.29 Å². The first-order chi connectivity index (χ1) is 21.3. The topological polar surface area (TPSA) is 119 Å². The molecule has 0 spiro atoms. The zero-order chi connectivity index (χ0) is 31.1. The van der Waals surface area contributed by atoms with E-state index in [-0.39, 0.29) is 24.4 Å². The van der Waals surface area contributed by atoms with Crippen LogP contribution in [0.2, 0.25) is 0 Å². The molecule has 10 heteroatoms. The highest BCUT2D eigenvalue weighted by Gasteiger charge is 2.31. The van der Waals surface area contributed by atoms with Crippen molar-refractivity contribution in [2.75, 3.05) is 19.8 Å². The molecular formula is C34H38N2O7S. The fourth-order valence-electron chi connectivity index (χ4n) is 5.31. The maximum absolute atomic E-state index is 13.6. The van der Waals surface area contributed by atoms with Crippen LogP contribution in [0.25, 0.3) is 11.5 Å². The van der Waals surface area contributed by atoms with Gasteiger partial charge in [0.05, 0.1) is 23.8 Å². The summed E-state index contributed by atoms with van der Waals surface area (Å²) in [7, 11) is -3.78. The zero-order valence-electron chi connectivity index (χ0n) is 25.1. The predicted octanol–water partition coefficient (Wildman–Crippen LogP) is 6.21. The molecule has 2 heterocycles. The number of hydrogen-bond acceptors (Lipinski definition) is 7. The van der Waals surface area contributed by atoms with Crippen molar-refractivity contribution in [3.05, 3.63) is 94.9 Å². The third-order valence-corrected chi connectivity index (χ3v) is 9.64. The number of nitrogens with zero attached hydrogens (tertiary/aromatic N) is 2. The van der Waals surface area contributed by atoms with Gasteiger partial charge in [-0.05, 0) is 79.8 Å². The van der Waals surface area contributed by atoms with Gasteiger partial charge in [-0.1, -0.05) is 37.6 Å². The Hall–Kier alpha value is -4.15. The molecule has 0 saturated heterocycles. The second-order valence-corrected chi connectivity index (χ2v) is 12.8. The minimum atomic E-state index is -3.78. The van der Waals surface area contributed by atoms with Crippen molar-refractivity contribution in [2.45, 2.75) is 63.8 Å². The Bertz CT molecular complexity index is 1680. The van der Waals surface area contributed by atoms with E-state index in [1.165, 1.54) is 4.31 Å². The summed E-state index contributed by atoms with van der Waals surface area (Å²) < 4.78 is 46.5. The van der Waals surface area contributed by atoms with Gasteiger partial charge in [0.25, 0.3) is 0 Å². The first-order valence-corrected chi connectivity index (χ1v) is 16.4. The van der Waals surface area contributed by atoms with Crippen molar-refractivity contribution in [3.63, 3.8) is 0 Å². The van der Waals surface area contributed by atoms with Crippen molar-refractivity contribution in [3.8, 4) is 23.0 Å². The van der Waals surface area contributed by atoms with Crippen LogP contribution in [0, 0.1) is 6.92 Å². The molecule has 0 saturated carbocycles. The van der Waals surface area contributed by atoms with E-state index < -0.39 is 16.0 Å². The number of fused-ring (bicyclic) bond motifs is 1. The van der Waals surface area contributed by atoms with Gasteiger partial charge >= 0.3 is 5.97 Å². The lowest BCUT2D eigenvalue weighted by Gasteiger charge is -2.31. The van der Waals surface area contributed by atoms with Crippen LogP contribution in [0.4, 0.5) is 0 Å². The van der Waals surface area contributed by atoms with Crippen LogP contribution in [0.3, 0.4) is 0 Å². The normalized spacial score (nSPS) is 13.4. The van der Waals surface area contributed by atoms with Crippen LogP contribution in [0.15, 0.2) is 76.0 Å². The second-order valence-electron chi connectivity index (χ2n) is 10.8. The number of carboxylic acids is 1. The third-order valence-electron chi connectivity index (χ3n) is 7.78. The number of ether oxygens (including phenoxy) is 2. The van der Waals surface area contributed by atoms with Gasteiger partial charge in [0.1, 0.15) is 17.3 Å². The molecule has 1 aromatic heterocycles. The first kappa shape index (κ1) is 31.3. The Kier molecular flexibility index (Phi) is 10.0. The summed E-state index contributed by atoms with van der Waals surface area (Å²) in [5.41, 5.74) is 4.26. The Morgan fingerprint density at radius 3 is 2.48 bits per heavy atom. The third kappa shape index (κ3) is 7.31. The molecule has 0 fully saturated rings. The molecule has 1 aliphatic heterocycles. The standard InChI is InChI=1S/C34H38N2O7S/c1-3-4-21-41-27-12-14-28(15-13-27)44(39,40)36-20-18-29-30(23-36)25(11-17-33(37)38)10-16-32(29)42-22-19-31-24(2)43-34(35-31)26-8-6-5-7-9-26/h5-10,12-16H,3-4,11,17-23H2,1-2H3,(H,37,38). The Morgan fingerprint density at radius 1 is 0.977 bits per heavy atom. The van der Waals surface area contributed by atoms with Crippen LogP contribution in [-0.4, -0.2) is 48.5 Å². The maximum atomic E-state index is 13.6. The lowest BCUT2D eigenvalue weighted by Crippen LogP contribution is -2.36. The number of aromatic nitrogens is 1. The number of unbranched alkanes of at least 4 members (excludes halogenated alkanes) is 1. The number of aliphatic carboxylic acids is 1. The van der Waals surface area contributed by atoms with Crippen LogP contribution >= 0.6 is 0 Å². The second kappa shape index (κ2) is 14.1. The predicted molar refractivity (Wildman–Crippen MR) is 166 cm³/mol. The van der Waals surface area contributed by atoms with E-state index in [4.69, 9.17) is 13.9 Å². The lowest BCUT2D eigenvalue weighted by molar-refractivity contribution is -0.136. The van der Waals surface area contributed by atoms with Gasteiger partial charge in [-0.2, -0.15) is 4.31 Å². The molecule has 0 atom stereocenters. The number of rotatable bonds is 14. The van der Waals surface area contributed by atoms with Crippen molar-refractivity contribution >= 4 is 16.0 Å². The molecule has 5 rings (SSSR count). The average molecular weight is 619 g/mol. The Balaban J connectivity index is 1.32. The van der Waals surface area contributed by atoms with E-state index >= 15 is 0 Å². The summed E-state index contributed by atoms with van der Waals surface area (Å²) in [5, 5.41) is 9.32. The molecule has 0 bridgehead atoms. The SMILES string of the molecule is CCCCOc1ccc(S(=O)(=O)N2CCc3c(OCCc4nc(-c5ccccc5)oc4C)ccc(CCC(=O)O)c3C2)cc1. The number of benzene rings is 3. The zero-order valence-corrected chi connectivity index (χ0v) is 25.9. The minimum Gasteiger partial charge on any atom is -0.494 e. The number of sulfonamides is 1. The van der Waals surface area contributed by atoms with Gasteiger partial charge in [0, 0.05) is 37.1 Å². The molecular weight excluding hydrogens is 580 g/mol. The van der Waals surface area contributed by atoms with Gasteiger partial charge in [0.2, 0.25) is 15.9 Å². The molecule has 44 heavy (non-hydrogen) atoms. The smallest absolute Gasteiger partial charge is 0.303 e. The molecule has 1 N–H and O–H groups in total. The van der Waals surface area contributed by atoms with Crippen molar-refractivity contribution in [2.24, 2.45) is 0 Å². The van der Waals surface area contributed by atoms with Crippen LogP contribution < -0.4 is 9.47 Å². The number of oxazole rings is 1. The summed E-state index contributed by atoms with van der Waals surface area (Å²) in [6, 6.07) is 20.0. The largest absolute Gasteiger partial charge is 0.494 e. The van der Waals surface area contributed by atoms with Gasteiger partial charge in [-0.15, -0.1) is 0 Å². The summed E-state index contributed by atoms with van der Waals surface area (Å²) in [4.78, 5) is 16.2. The van der Waals surface area contributed by atoms with Gasteiger partial charge in [0.15, 0.2) is 0 Å². The molecule has 0 unspecified atom stereocenters. The summed E-state index contributed by atoms with van der Waals surface area (Å²) >= 11 is 0. The lowest BCUT2D eigenvalue weighted by atomic mass is 9.92. The molecule has 3 aromatic carbocycles. The molecule has 1 aliphatic rings. The van der Waals surface area contributed by atoms with E-state index in [0.29, 0.717) is 49.9 Å². The molecule has 4 aromatic rings.